The van der Waals surface area contributed by atoms with Crippen molar-refractivity contribution in [2.75, 3.05) is 19.0 Å². The highest BCUT2D eigenvalue weighted by molar-refractivity contribution is 5.91. The number of carbonyl (C=O) groups excluding carboxylic acids is 1. The number of ether oxygens (including phenoxy) is 1. The fraction of sp³-hybridized carbons (Fsp3) is 0.222. The van der Waals surface area contributed by atoms with Gasteiger partial charge in [-0.05, 0) is 24.3 Å². The lowest BCUT2D eigenvalue weighted by molar-refractivity contribution is -0.120. The Labute approximate surface area is 76.1 Å². The maximum absolute atomic E-state index is 10.7. The molecular formula is C9H10NO3. The number of nitrogens with one attached hydrogen (secondary N) is 1. The van der Waals surface area contributed by atoms with E-state index in [0.717, 1.165) is 0 Å². The van der Waals surface area contributed by atoms with Crippen molar-refractivity contribution >= 4 is 11.6 Å². The molecule has 0 aliphatic rings. The molecular weight excluding hydrogens is 170 g/mol. The molecule has 4 heteroatoms. The third-order valence-corrected chi connectivity index (χ3v) is 1.50. The number of benzene rings is 1. The molecule has 1 aromatic carbocycles. The summed E-state index contributed by atoms with van der Waals surface area (Å²) < 4.78 is 4.93. The molecule has 1 radical (unpaired) electrons. The van der Waals surface area contributed by atoms with Crippen molar-refractivity contribution in [3.63, 3.8) is 0 Å². The lowest BCUT2D eigenvalue weighted by Crippen LogP contribution is -2.14. The largest absolute Gasteiger partial charge is 0.497 e. The predicted octanol–water partition coefficient (Wildman–Crippen LogP) is 1.06. The molecule has 0 heterocycles. The number of amides is 1. The zero-order chi connectivity index (χ0) is 9.68. The van der Waals surface area contributed by atoms with Gasteiger partial charge in [-0.1, -0.05) is 0 Å². The highest BCUT2D eigenvalue weighted by atomic mass is 16.5. The molecule has 1 N–H and O–H groups in total. The minimum Gasteiger partial charge on any atom is -0.497 e. The minimum absolute atomic E-state index is 0.537. The second-order valence-corrected chi connectivity index (χ2v) is 2.42. The quantitative estimate of drug-likeness (QED) is 0.756. The molecule has 0 aliphatic heterocycles. The van der Waals surface area contributed by atoms with Gasteiger partial charge in [0.25, 0.3) is 5.91 Å². The third-order valence-electron chi connectivity index (χ3n) is 1.50. The van der Waals surface area contributed by atoms with Gasteiger partial charge < -0.3 is 10.1 Å². The Morgan fingerprint density at radius 2 is 2.00 bits per heavy atom. The number of anilines is 1. The van der Waals surface area contributed by atoms with Crippen LogP contribution in [0.1, 0.15) is 0 Å². The van der Waals surface area contributed by atoms with Gasteiger partial charge in [-0.3, -0.25) is 4.79 Å². The smallest absolute Gasteiger partial charge is 0.253 e. The van der Waals surface area contributed by atoms with Gasteiger partial charge in [0.2, 0.25) is 0 Å². The Kier molecular flexibility index (Phi) is 3.28. The van der Waals surface area contributed by atoms with E-state index in [0.29, 0.717) is 11.4 Å². The highest BCUT2D eigenvalue weighted by Gasteiger charge is 1.99. The second-order valence-electron chi connectivity index (χ2n) is 2.42. The van der Waals surface area contributed by atoms with E-state index in [1.165, 1.54) is 0 Å². The average Bonchev–Trinajstić information content (AvgIpc) is 2.19. The first-order valence-electron chi connectivity index (χ1n) is 3.78. The van der Waals surface area contributed by atoms with E-state index in [1.54, 1.807) is 31.4 Å². The summed E-state index contributed by atoms with van der Waals surface area (Å²) in [5, 5.41) is 12.6. The van der Waals surface area contributed by atoms with E-state index in [1.807, 2.05) is 0 Å². The second kappa shape index (κ2) is 4.47. The van der Waals surface area contributed by atoms with Gasteiger partial charge in [-0.15, -0.1) is 0 Å². The summed E-state index contributed by atoms with van der Waals surface area (Å²) in [6, 6.07) is 6.76. The number of hydrogen-bond donors (Lipinski definition) is 1. The van der Waals surface area contributed by atoms with Gasteiger partial charge in [-0.25, -0.2) is 5.11 Å². The Bertz CT molecular complexity index is 281. The lowest BCUT2D eigenvalue weighted by atomic mass is 10.3. The molecule has 4 nitrogen and oxygen atoms in total. The van der Waals surface area contributed by atoms with Crippen LogP contribution in [0.5, 0.6) is 5.75 Å². The summed E-state index contributed by atoms with van der Waals surface area (Å²) in [6.07, 6.45) is 0. The summed E-state index contributed by atoms with van der Waals surface area (Å²) >= 11 is 0. The van der Waals surface area contributed by atoms with Crippen molar-refractivity contribution in [2.45, 2.75) is 0 Å². The molecule has 0 saturated carbocycles. The third kappa shape index (κ3) is 2.76. The summed E-state index contributed by atoms with van der Waals surface area (Å²) in [5.74, 6) is 0.172. The van der Waals surface area contributed by atoms with E-state index in [2.05, 4.69) is 5.32 Å². The normalized spacial score (nSPS) is 9.38. The number of methoxy groups -OCH3 is 1. The zero-order valence-corrected chi connectivity index (χ0v) is 7.24. The molecule has 0 saturated heterocycles. The molecule has 0 aromatic heterocycles. The van der Waals surface area contributed by atoms with E-state index < -0.39 is 12.5 Å². The van der Waals surface area contributed by atoms with Crippen molar-refractivity contribution in [2.24, 2.45) is 0 Å². The summed E-state index contributed by atoms with van der Waals surface area (Å²) in [7, 11) is 1.56. The molecule has 13 heavy (non-hydrogen) atoms. The number of rotatable bonds is 3. The molecule has 0 fully saturated rings. The van der Waals surface area contributed by atoms with Gasteiger partial charge in [0.1, 0.15) is 5.75 Å². The molecule has 0 spiro atoms. The molecule has 0 bridgehead atoms. The van der Waals surface area contributed by atoms with Crippen LogP contribution in [-0.2, 0) is 9.90 Å². The van der Waals surface area contributed by atoms with Crippen LogP contribution in [0.3, 0.4) is 0 Å². The zero-order valence-electron chi connectivity index (χ0n) is 7.24. The van der Waals surface area contributed by atoms with Crippen molar-refractivity contribution in [1.82, 2.24) is 0 Å². The fourth-order valence-electron chi connectivity index (χ4n) is 0.871. The Morgan fingerprint density at radius 3 is 2.46 bits per heavy atom. The van der Waals surface area contributed by atoms with Gasteiger partial charge in [0, 0.05) is 5.69 Å². The maximum atomic E-state index is 10.7. The minimum atomic E-state index is -0.758. The van der Waals surface area contributed by atoms with E-state index in [4.69, 9.17) is 4.74 Å². The van der Waals surface area contributed by atoms with Crippen molar-refractivity contribution < 1.29 is 14.6 Å². The molecule has 1 rings (SSSR count). The summed E-state index contributed by atoms with van der Waals surface area (Å²) in [5.41, 5.74) is 0.599. The Morgan fingerprint density at radius 1 is 1.38 bits per heavy atom. The molecule has 1 amide bonds. The monoisotopic (exact) mass is 180 g/mol. The Balaban J connectivity index is 2.64. The van der Waals surface area contributed by atoms with Crippen LogP contribution in [0.4, 0.5) is 5.69 Å². The summed E-state index contributed by atoms with van der Waals surface area (Å²) in [6.45, 7) is -0.758. The molecule has 0 unspecified atom stereocenters. The lowest BCUT2D eigenvalue weighted by Gasteiger charge is -2.03. The predicted molar refractivity (Wildman–Crippen MR) is 47.2 cm³/mol. The van der Waals surface area contributed by atoms with Gasteiger partial charge in [0.05, 0.1) is 7.11 Å². The van der Waals surface area contributed by atoms with E-state index in [9.17, 15) is 9.90 Å². The first-order chi connectivity index (χ1) is 6.26. The van der Waals surface area contributed by atoms with E-state index >= 15 is 0 Å². The number of carbonyl (C=O) groups is 1. The van der Waals surface area contributed by atoms with Gasteiger partial charge in [-0.2, -0.15) is 0 Å². The maximum Gasteiger partial charge on any atom is 0.253 e. The standard InChI is InChI=1S/C9H10NO3/c1-13-8-4-2-7(3-5-8)10-9(12)6-11/h2-5H,6H2,1H3,(H,10,12). The highest BCUT2D eigenvalue weighted by Crippen LogP contribution is 2.14. The number of hydrogen-bond acceptors (Lipinski definition) is 2. The first-order valence-corrected chi connectivity index (χ1v) is 3.78. The molecule has 0 aliphatic carbocycles. The summed E-state index contributed by atoms with van der Waals surface area (Å²) in [4.78, 5) is 10.7. The van der Waals surface area contributed by atoms with Crippen LogP contribution < -0.4 is 10.1 Å². The first kappa shape index (κ1) is 9.54. The van der Waals surface area contributed by atoms with Gasteiger partial charge >= 0.3 is 0 Å². The van der Waals surface area contributed by atoms with Crippen LogP contribution in [-0.4, -0.2) is 19.6 Å². The average molecular weight is 180 g/mol. The van der Waals surface area contributed by atoms with Crippen LogP contribution in [0.2, 0.25) is 0 Å². The van der Waals surface area contributed by atoms with Crippen molar-refractivity contribution in [3.8, 4) is 5.75 Å². The Hall–Kier alpha value is -1.55. The van der Waals surface area contributed by atoms with Crippen LogP contribution in [0, 0.1) is 0 Å². The SMILES string of the molecule is COc1ccc(NC(=O)C[O])cc1. The van der Waals surface area contributed by atoms with Crippen LogP contribution in [0.25, 0.3) is 0 Å². The van der Waals surface area contributed by atoms with Gasteiger partial charge in [0.15, 0.2) is 6.61 Å². The molecule has 0 atom stereocenters. The van der Waals surface area contributed by atoms with Crippen LogP contribution in [0.15, 0.2) is 24.3 Å². The van der Waals surface area contributed by atoms with Crippen LogP contribution >= 0.6 is 0 Å². The van der Waals surface area contributed by atoms with Crippen molar-refractivity contribution in [1.29, 1.82) is 0 Å². The molecule has 1 aromatic rings. The molecule has 69 valence electrons. The van der Waals surface area contributed by atoms with Crippen molar-refractivity contribution in [3.05, 3.63) is 24.3 Å². The van der Waals surface area contributed by atoms with E-state index in [-0.39, 0.29) is 0 Å². The topological polar surface area (TPSA) is 58.2 Å². The fourth-order valence-corrected chi connectivity index (χ4v) is 0.871.